The summed E-state index contributed by atoms with van der Waals surface area (Å²) in [6.07, 6.45) is 1.10. The highest BCUT2D eigenvalue weighted by Gasteiger charge is 2.33. The van der Waals surface area contributed by atoms with Gasteiger partial charge in [0.15, 0.2) is 0 Å². The van der Waals surface area contributed by atoms with Crippen LogP contribution < -0.4 is 16.0 Å². The van der Waals surface area contributed by atoms with Crippen LogP contribution in [0.3, 0.4) is 0 Å². The molecule has 1 heterocycles. The van der Waals surface area contributed by atoms with Gasteiger partial charge in [0.25, 0.3) is 0 Å². The highest BCUT2D eigenvalue weighted by atomic mass is 16.5. The monoisotopic (exact) mass is 487 g/mol. The summed E-state index contributed by atoms with van der Waals surface area (Å²) in [6, 6.07) is 26.3. The lowest BCUT2D eigenvalue weighted by atomic mass is 9.84. The first-order valence-corrected chi connectivity index (χ1v) is 12.3. The molecule has 2 amide bonds. The summed E-state index contributed by atoms with van der Waals surface area (Å²) in [5.74, 6) is -0.735. The minimum Gasteiger partial charge on any atom is -0.453 e. The number of ether oxygens (including phenoxy) is 2. The van der Waals surface area contributed by atoms with Gasteiger partial charge >= 0.3 is 6.09 Å². The van der Waals surface area contributed by atoms with E-state index in [0.29, 0.717) is 6.61 Å². The van der Waals surface area contributed by atoms with Crippen LogP contribution in [0, 0.1) is 0 Å². The molecule has 1 aliphatic heterocycles. The Balaban J connectivity index is 1.60. The Kier molecular flexibility index (Phi) is 9.08. The third kappa shape index (κ3) is 6.71. The van der Waals surface area contributed by atoms with Crippen molar-refractivity contribution < 1.29 is 19.1 Å². The first-order chi connectivity index (χ1) is 17.7. The van der Waals surface area contributed by atoms with Crippen molar-refractivity contribution in [3.8, 4) is 0 Å². The van der Waals surface area contributed by atoms with Crippen molar-refractivity contribution in [2.75, 3.05) is 32.1 Å². The second kappa shape index (κ2) is 12.9. The molecule has 1 aliphatic rings. The normalized spacial score (nSPS) is 16.2. The molecule has 0 aliphatic carbocycles. The van der Waals surface area contributed by atoms with Crippen LogP contribution in [-0.2, 0) is 20.7 Å². The number of anilines is 1. The van der Waals surface area contributed by atoms with Crippen molar-refractivity contribution in [3.05, 3.63) is 102 Å². The van der Waals surface area contributed by atoms with Crippen LogP contribution >= 0.6 is 0 Å². The van der Waals surface area contributed by atoms with E-state index in [9.17, 15) is 9.59 Å². The molecule has 2 unspecified atom stereocenters. The third-order valence-corrected chi connectivity index (χ3v) is 6.41. The van der Waals surface area contributed by atoms with E-state index in [1.807, 2.05) is 84.9 Å². The number of aryl methyl sites for hydroxylation is 1. The van der Waals surface area contributed by atoms with Gasteiger partial charge in [0, 0.05) is 24.7 Å². The van der Waals surface area contributed by atoms with Crippen LogP contribution in [0.25, 0.3) is 0 Å². The largest absolute Gasteiger partial charge is 0.453 e. The van der Waals surface area contributed by atoms with E-state index in [2.05, 4.69) is 16.0 Å². The Morgan fingerprint density at radius 2 is 1.61 bits per heavy atom. The number of para-hydroxylation sites is 1. The van der Waals surface area contributed by atoms with Crippen molar-refractivity contribution in [2.45, 2.75) is 30.9 Å². The van der Waals surface area contributed by atoms with Gasteiger partial charge in [0.05, 0.1) is 19.8 Å². The highest BCUT2D eigenvalue weighted by Crippen LogP contribution is 2.29. The number of nitrogens with one attached hydrogen (secondary N) is 3. The number of methoxy groups -OCH3 is 1. The fourth-order valence-electron chi connectivity index (χ4n) is 4.58. The second-order valence-corrected chi connectivity index (χ2v) is 8.79. The van der Waals surface area contributed by atoms with E-state index in [1.165, 1.54) is 7.11 Å². The van der Waals surface area contributed by atoms with Crippen LogP contribution in [0.1, 0.15) is 29.0 Å². The molecule has 2 atom stereocenters. The SMILES string of the molecule is COC(=O)NC(C(=O)Nc1ccccc1CCC1CNCCO1)C(c1ccccc1)c1ccccc1. The lowest BCUT2D eigenvalue weighted by molar-refractivity contribution is -0.118. The average Bonchev–Trinajstić information content (AvgIpc) is 2.94. The Labute approximate surface area is 212 Å². The van der Waals surface area contributed by atoms with E-state index in [0.717, 1.165) is 48.3 Å². The summed E-state index contributed by atoms with van der Waals surface area (Å²) in [4.78, 5) is 26.2. The van der Waals surface area contributed by atoms with Crippen LogP contribution in [-0.4, -0.2) is 51.0 Å². The number of benzene rings is 3. The minimum absolute atomic E-state index is 0.150. The second-order valence-electron chi connectivity index (χ2n) is 8.79. The first kappa shape index (κ1) is 25.4. The Bertz CT molecular complexity index is 1080. The number of amides is 2. The third-order valence-electron chi connectivity index (χ3n) is 6.41. The molecule has 3 aromatic rings. The van der Waals surface area contributed by atoms with Crippen molar-refractivity contribution >= 4 is 17.7 Å². The molecule has 1 fully saturated rings. The number of hydrogen-bond acceptors (Lipinski definition) is 5. The molecule has 7 heteroatoms. The van der Waals surface area contributed by atoms with Gasteiger partial charge in [-0.1, -0.05) is 78.9 Å². The van der Waals surface area contributed by atoms with Gasteiger partial charge in [-0.15, -0.1) is 0 Å². The number of carbonyl (C=O) groups excluding carboxylic acids is 2. The van der Waals surface area contributed by atoms with Gasteiger partial charge in [0.2, 0.25) is 5.91 Å². The van der Waals surface area contributed by atoms with Crippen molar-refractivity contribution in [1.29, 1.82) is 0 Å². The molecule has 36 heavy (non-hydrogen) atoms. The molecule has 1 saturated heterocycles. The lowest BCUT2D eigenvalue weighted by Crippen LogP contribution is -2.48. The van der Waals surface area contributed by atoms with Crippen molar-refractivity contribution in [2.24, 2.45) is 0 Å². The number of rotatable bonds is 9. The molecule has 0 saturated carbocycles. The summed E-state index contributed by atoms with van der Waals surface area (Å²) < 4.78 is 10.7. The van der Waals surface area contributed by atoms with E-state index in [-0.39, 0.29) is 12.0 Å². The van der Waals surface area contributed by atoms with Gasteiger partial charge in [-0.25, -0.2) is 4.79 Å². The van der Waals surface area contributed by atoms with Crippen molar-refractivity contribution in [1.82, 2.24) is 10.6 Å². The van der Waals surface area contributed by atoms with Gasteiger partial charge in [-0.3, -0.25) is 4.79 Å². The maximum atomic E-state index is 13.8. The van der Waals surface area contributed by atoms with Crippen LogP contribution in [0.2, 0.25) is 0 Å². The van der Waals surface area contributed by atoms with E-state index < -0.39 is 18.1 Å². The highest BCUT2D eigenvalue weighted by molar-refractivity contribution is 5.98. The Hall–Kier alpha value is -3.68. The number of morpholine rings is 1. The molecule has 0 spiro atoms. The summed E-state index contributed by atoms with van der Waals surface area (Å²) >= 11 is 0. The minimum atomic E-state index is -0.902. The zero-order chi connectivity index (χ0) is 25.2. The standard InChI is InChI=1S/C29H33N3O4/c1-35-29(34)32-27(26(22-11-4-2-5-12-22)23-13-6-3-7-14-23)28(33)31-25-15-9-8-10-21(25)16-17-24-20-30-18-19-36-24/h2-15,24,26-27,30H,16-20H2,1H3,(H,31,33)(H,32,34). The quantitative estimate of drug-likeness (QED) is 0.423. The summed E-state index contributed by atoms with van der Waals surface area (Å²) in [7, 11) is 1.29. The number of carbonyl (C=O) groups is 2. The maximum absolute atomic E-state index is 13.8. The first-order valence-electron chi connectivity index (χ1n) is 12.3. The Morgan fingerprint density at radius 3 is 2.22 bits per heavy atom. The van der Waals surface area contributed by atoms with Gasteiger partial charge in [-0.05, 0) is 35.6 Å². The van der Waals surface area contributed by atoms with Crippen LogP contribution in [0.4, 0.5) is 10.5 Å². The molecule has 7 nitrogen and oxygen atoms in total. The van der Waals surface area contributed by atoms with E-state index in [1.54, 1.807) is 0 Å². The fraction of sp³-hybridized carbons (Fsp3) is 0.310. The molecular weight excluding hydrogens is 454 g/mol. The lowest BCUT2D eigenvalue weighted by Gasteiger charge is -2.28. The summed E-state index contributed by atoms with van der Waals surface area (Å²) in [5.41, 5.74) is 3.57. The zero-order valence-electron chi connectivity index (χ0n) is 20.5. The molecule has 0 bridgehead atoms. The zero-order valence-corrected chi connectivity index (χ0v) is 20.5. The summed E-state index contributed by atoms with van der Waals surface area (Å²) in [5, 5.41) is 9.22. The fourth-order valence-corrected chi connectivity index (χ4v) is 4.58. The maximum Gasteiger partial charge on any atom is 0.407 e. The van der Waals surface area contributed by atoms with Gasteiger partial charge in [0.1, 0.15) is 6.04 Å². The van der Waals surface area contributed by atoms with E-state index >= 15 is 0 Å². The molecule has 3 N–H and O–H groups in total. The van der Waals surface area contributed by atoms with Crippen molar-refractivity contribution in [3.63, 3.8) is 0 Å². The van der Waals surface area contributed by atoms with Crippen LogP contribution in [0.5, 0.6) is 0 Å². The average molecular weight is 488 g/mol. The van der Waals surface area contributed by atoms with Gasteiger partial charge in [-0.2, -0.15) is 0 Å². The van der Waals surface area contributed by atoms with Gasteiger partial charge < -0.3 is 25.4 Å². The smallest absolute Gasteiger partial charge is 0.407 e. The summed E-state index contributed by atoms with van der Waals surface area (Å²) in [6.45, 7) is 2.42. The topological polar surface area (TPSA) is 88.7 Å². The van der Waals surface area contributed by atoms with E-state index in [4.69, 9.17) is 9.47 Å². The molecule has 3 aromatic carbocycles. The van der Waals surface area contributed by atoms with Crippen LogP contribution in [0.15, 0.2) is 84.9 Å². The molecule has 0 radical (unpaired) electrons. The number of hydrogen-bond donors (Lipinski definition) is 3. The molecular formula is C29H33N3O4. The molecule has 188 valence electrons. The molecule has 0 aromatic heterocycles. The molecule has 4 rings (SSSR count). The predicted molar refractivity (Wildman–Crippen MR) is 140 cm³/mol. The number of alkyl carbamates (subject to hydrolysis) is 1. The Morgan fingerprint density at radius 1 is 0.972 bits per heavy atom. The predicted octanol–water partition coefficient (Wildman–Crippen LogP) is 4.10.